The number of ether oxygens (including phenoxy) is 2. The van der Waals surface area contributed by atoms with Crippen LogP contribution in [0.25, 0.3) is 0 Å². The van der Waals surface area contributed by atoms with Crippen LogP contribution in [-0.2, 0) is 9.47 Å². The molecule has 2 heterocycles. The van der Waals surface area contributed by atoms with Crippen molar-refractivity contribution in [2.75, 3.05) is 46.0 Å². The summed E-state index contributed by atoms with van der Waals surface area (Å²) >= 11 is 0. The summed E-state index contributed by atoms with van der Waals surface area (Å²) in [6.45, 7) is 11.6. The fourth-order valence-electron chi connectivity index (χ4n) is 2.73. The zero-order valence-corrected chi connectivity index (χ0v) is 11.9. The minimum atomic E-state index is 0.444. The molecule has 0 bridgehead atoms. The highest BCUT2D eigenvalue weighted by molar-refractivity contribution is 4.79. The van der Waals surface area contributed by atoms with Crippen LogP contribution in [0.5, 0.6) is 0 Å². The maximum absolute atomic E-state index is 5.80. The minimum Gasteiger partial charge on any atom is -0.379 e. The first kappa shape index (κ1) is 14.3. The van der Waals surface area contributed by atoms with Crippen molar-refractivity contribution in [3.05, 3.63) is 0 Å². The molecule has 2 saturated heterocycles. The van der Waals surface area contributed by atoms with Crippen LogP contribution in [0.4, 0.5) is 0 Å². The van der Waals surface area contributed by atoms with Gasteiger partial charge in [0.05, 0.1) is 19.3 Å². The molecule has 2 aliphatic rings. The molecule has 0 aromatic rings. The lowest BCUT2D eigenvalue weighted by Gasteiger charge is -2.33. The standard InChI is InChI=1S/C14H28N2O2/c1-12(2)14-11-13(3-8-18-14)15-4-5-16-6-9-17-10-7-16/h12-15H,3-11H2,1-2H3. The van der Waals surface area contributed by atoms with Gasteiger partial charge >= 0.3 is 0 Å². The Morgan fingerprint density at radius 3 is 2.72 bits per heavy atom. The Morgan fingerprint density at radius 1 is 1.22 bits per heavy atom. The van der Waals surface area contributed by atoms with Crippen LogP contribution in [0.3, 0.4) is 0 Å². The molecule has 18 heavy (non-hydrogen) atoms. The van der Waals surface area contributed by atoms with E-state index in [0.717, 1.165) is 52.4 Å². The smallest absolute Gasteiger partial charge is 0.0612 e. The van der Waals surface area contributed by atoms with Gasteiger partial charge in [-0.3, -0.25) is 4.90 Å². The second-order valence-electron chi connectivity index (χ2n) is 5.78. The summed E-state index contributed by atoms with van der Waals surface area (Å²) in [4.78, 5) is 2.48. The quantitative estimate of drug-likeness (QED) is 0.799. The molecule has 0 amide bonds. The first-order valence-corrected chi connectivity index (χ1v) is 7.41. The molecule has 0 radical (unpaired) electrons. The molecule has 0 saturated carbocycles. The van der Waals surface area contributed by atoms with E-state index in [1.165, 1.54) is 6.42 Å². The molecular formula is C14H28N2O2. The van der Waals surface area contributed by atoms with Gasteiger partial charge < -0.3 is 14.8 Å². The molecule has 0 aromatic heterocycles. The molecule has 4 heteroatoms. The summed E-state index contributed by atoms with van der Waals surface area (Å²) in [5, 5.41) is 3.69. The highest BCUT2D eigenvalue weighted by Gasteiger charge is 2.24. The van der Waals surface area contributed by atoms with Crippen molar-refractivity contribution >= 4 is 0 Å². The number of hydrogen-bond donors (Lipinski definition) is 1. The second kappa shape index (κ2) is 7.43. The Hall–Kier alpha value is -0.160. The topological polar surface area (TPSA) is 33.7 Å². The highest BCUT2D eigenvalue weighted by atomic mass is 16.5. The van der Waals surface area contributed by atoms with Crippen LogP contribution >= 0.6 is 0 Å². The molecule has 0 aromatic carbocycles. The van der Waals surface area contributed by atoms with Crippen molar-refractivity contribution in [2.24, 2.45) is 5.92 Å². The third-order valence-electron chi connectivity index (χ3n) is 4.02. The van der Waals surface area contributed by atoms with E-state index in [-0.39, 0.29) is 0 Å². The lowest BCUT2D eigenvalue weighted by molar-refractivity contribution is -0.0249. The zero-order valence-electron chi connectivity index (χ0n) is 11.9. The second-order valence-corrected chi connectivity index (χ2v) is 5.78. The lowest BCUT2D eigenvalue weighted by Crippen LogP contribution is -2.45. The Morgan fingerprint density at radius 2 is 2.00 bits per heavy atom. The van der Waals surface area contributed by atoms with E-state index in [4.69, 9.17) is 9.47 Å². The van der Waals surface area contributed by atoms with E-state index in [9.17, 15) is 0 Å². The van der Waals surface area contributed by atoms with Crippen LogP contribution in [-0.4, -0.2) is 63.0 Å². The molecule has 2 rings (SSSR count). The normalized spacial score (nSPS) is 30.8. The molecule has 106 valence electrons. The van der Waals surface area contributed by atoms with Gasteiger partial charge in [-0.1, -0.05) is 13.8 Å². The summed E-state index contributed by atoms with van der Waals surface area (Å²) in [6, 6.07) is 0.646. The van der Waals surface area contributed by atoms with Gasteiger partial charge in [-0.2, -0.15) is 0 Å². The van der Waals surface area contributed by atoms with Crippen molar-refractivity contribution in [1.82, 2.24) is 10.2 Å². The van der Waals surface area contributed by atoms with Crippen LogP contribution in [0.1, 0.15) is 26.7 Å². The third-order valence-corrected chi connectivity index (χ3v) is 4.02. The highest BCUT2D eigenvalue weighted by Crippen LogP contribution is 2.19. The lowest BCUT2D eigenvalue weighted by atomic mass is 9.95. The summed E-state index contributed by atoms with van der Waals surface area (Å²) in [5.41, 5.74) is 0. The Bertz CT molecular complexity index is 230. The molecule has 2 atom stereocenters. The predicted octanol–water partition coefficient (Wildman–Crippen LogP) is 1.11. The number of hydrogen-bond acceptors (Lipinski definition) is 4. The van der Waals surface area contributed by atoms with Crippen LogP contribution in [0.2, 0.25) is 0 Å². The van der Waals surface area contributed by atoms with Gasteiger partial charge in [0.2, 0.25) is 0 Å². The first-order valence-electron chi connectivity index (χ1n) is 7.41. The van der Waals surface area contributed by atoms with Gasteiger partial charge in [-0.25, -0.2) is 0 Å². The summed E-state index contributed by atoms with van der Waals surface area (Å²) in [6.07, 6.45) is 2.77. The monoisotopic (exact) mass is 256 g/mol. The number of morpholine rings is 1. The largest absolute Gasteiger partial charge is 0.379 e. The predicted molar refractivity (Wildman–Crippen MR) is 72.9 cm³/mol. The molecule has 2 aliphatic heterocycles. The molecule has 2 fully saturated rings. The first-order chi connectivity index (χ1) is 8.75. The van der Waals surface area contributed by atoms with E-state index in [1.807, 2.05) is 0 Å². The van der Waals surface area contributed by atoms with Crippen molar-refractivity contribution in [2.45, 2.75) is 38.8 Å². The van der Waals surface area contributed by atoms with Gasteiger partial charge in [0.25, 0.3) is 0 Å². The average Bonchev–Trinajstić information content (AvgIpc) is 2.40. The van der Waals surface area contributed by atoms with E-state index in [1.54, 1.807) is 0 Å². The number of nitrogens with zero attached hydrogens (tertiary/aromatic N) is 1. The van der Waals surface area contributed by atoms with Gasteiger partial charge in [0.15, 0.2) is 0 Å². The summed E-state index contributed by atoms with van der Waals surface area (Å²) in [7, 11) is 0. The summed E-state index contributed by atoms with van der Waals surface area (Å²) < 4.78 is 11.2. The number of nitrogens with one attached hydrogen (secondary N) is 1. The van der Waals surface area contributed by atoms with Gasteiger partial charge in [-0.05, 0) is 18.8 Å². The zero-order chi connectivity index (χ0) is 12.8. The molecule has 2 unspecified atom stereocenters. The van der Waals surface area contributed by atoms with Crippen molar-refractivity contribution in [3.63, 3.8) is 0 Å². The Balaban J connectivity index is 1.60. The van der Waals surface area contributed by atoms with E-state index in [0.29, 0.717) is 18.1 Å². The van der Waals surface area contributed by atoms with Crippen molar-refractivity contribution in [3.8, 4) is 0 Å². The molecule has 4 nitrogen and oxygen atoms in total. The van der Waals surface area contributed by atoms with Gasteiger partial charge in [-0.15, -0.1) is 0 Å². The van der Waals surface area contributed by atoms with Crippen molar-refractivity contribution < 1.29 is 9.47 Å². The van der Waals surface area contributed by atoms with E-state index >= 15 is 0 Å². The summed E-state index contributed by atoms with van der Waals surface area (Å²) in [5.74, 6) is 0.633. The Kier molecular flexibility index (Phi) is 5.89. The SMILES string of the molecule is CC(C)C1CC(NCCN2CCOCC2)CCO1. The van der Waals surface area contributed by atoms with Gasteiger partial charge in [0.1, 0.15) is 0 Å². The van der Waals surface area contributed by atoms with Crippen LogP contribution in [0.15, 0.2) is 0 Å². The average molecular weight is 256 g/mol. The fourth-order valence-corrected chi connectivity index (χ4v) is 2.73. The Labute approximate surface area is 111 Å². The maximum atomic E-state index is 5.80. The fraction of sp³-hybridized carbons (Fsp3) is 1.00. The molecular weight excluding hydrogens is 228 g/mol. The van der Waals surface area contributed by atoms with Crippen molar-refractivity contribution in [1.29, 1.82) is 0 Å². The van der Waals surface area contributed by atoms with E-state index in [2.05, 4.69) is 24.1 Å². The molecule has 1 N–H and O–H groups in total. The number of rotatable bonds is 5. The van der Waals surface area contributed by atoms with Crippen LogP contribution < -0.4 is 5.32 Å². The van der Waals surface area contributed by atoms with Crippen LogP contribution in [0, 0.1) is 5.92 Å². The third kappa shape index (κ3) is 4.50. The van der Waals surface area contributed by atoms with E-state index < -0.39 is 0 Å². The minimum absolute atomic E-state index is 0.444. The maximum Gasteiger partial charge on any atom is 0.0612 e. The molecule has 0 aliphatic carbocycles. The van der Waals surface area contributed by atoms with Gasteiger partial charge in [0, 0.05) is 38.8 Å². The molecule has 0 spiro atoms.